The number of nitrogens with two attached hydrogens (primary N) is 1. The molecule has 0 aliphatic rings. The van der Waals surface area contributed by atoms with Crippen LogP contribution in [-0.4, -0.2) is 20.8 Å². The minimum absolute atomic E-state index is 0.374. The lowest BCUT2D eigenvalue weighted by atomic mass is 10.2. The van der Waals surface area contributed by atoms with E-state index in [1.165, 1.54) is 16.9 Å². The topological polar surface area (TPSA) is 68.0 Å². The van der Waals surface area contributed by atoms with Crippen molar-refractivity contribution in [3.05, 3.63) is 53.6 Å². The fourth-order valence-electron chi connectivity index (χ4n) is 2.06. The monoisotopic (exact) mass is 328 g/mol. The summed E-state index contributed by atoms with van der Waals surface area (Å²) in [6, 6.07) is 6.22. The van der Waals surface area contributed by atoms with Crippen LogP contribution in [-0.2, 0) is 6.54 Å². The second-order valence-electron chi connectivity index (χ2n) is 4.75. The van der Waals surface area contributed by atoms with Crippen molar-refractivity contribution in [3.63, 3.8) is 0 Å². The SMILES string of the molecule is CC(=S)N=C(N)c1nc2cc(C[n+]3ccncc3)ccc2s1. The number of hydrogen-bond acceptors (Lipinski definition) is 4. The standard InChI is InChI=1S/C15H13N5S2/c1-10(21)18-14(16)15-19-12-8-11(2-3-13(12)22-15)9-20-6-4-17-5-7-20/h2-8H,9H2,1H3,(H-,16,18,21)/p+1. The van der Waals surface area contributed by atoms with E-state index in [4.69, 9.17) is 18.0 Å². The van der Waals surface area contributed by atoms with Gasteiger partial charge in [0.15, 0.2) is 29.8 Å². The molecule has 0 aliphatic carbocycles. The predicted octanol–water partition coefficient (Wildman–Crippen LogP) is 2.08. The van der Waals surface area contributed by atoms with Crippen molar-refractivity contribution in [2.75, 3.05) is 0 Å². The summed E-state index contributed by atoms with van der Waals surface area (Å²) in [4.78, 5) is 13.2. The molecule has 3 rings (SSSR count). The maximum absolute atomic E-state index is 5.92. The molecule has 0 fully saturated rings. The summed E-state index contributed by atoms with van der Waals surface area (Å²) in [7, 11) is 0. The molecule has 0 radical (unpaired) electrons. The Balaban J connectivity index is 1.92. The van der Waals surface area contributed by atoms with E-state index in [1.807, 2.05) is 12.4 Å². The number of thiocarbonyl (C=S) groups is 1. The highest BCUT2D eigenvalue weighted by Crippen LogP contribution is 2.23. The van der Waals surface area contributed by atoms with Gasteiger partial charge in [-0.05, 0) is 19.1 Å². The van der Waals surface area contributed by atoms with Crippen molar-refractivity contribution in [2.45, 2.75) is 13.5 Å². The number of thiazole rings is 1. The summed E-state index contributed by atoms with van der Waals surface area (Å²) < 4.78 is 3.14. The third-order valence-corrected chi connectivity index (χ3v) is 4.15. The zero-order valence-electron chi connectivity index (χ0n) is 11.9. The van der Waals surface area contributed by atoms with Gasteiger partial charge >= 0.3 is 0 Å². The Morgan fingerprint density at radius 3 is 2.86 bits per heavy atom. The van der Waals surface area contributed by atoms with E-state index in [2.05, 4.69) is 37.7 Å². The van der Waals surface area contributed by atoms with Gasteiger partial charge in [0.25, 0.3) is 0 Å². The molecule has 0 saturated carbocycles. The van der Waals surface area contributed by atoms with Gasteiger partial charge in [-0.1, -0.05) is 18.3 Å². The molecule has 0 saturated heterocycles. The summed E-state index contributed by atoms with van der Waals surface area (Å²) in [5.41, 5.74) is 8.01. The van der Waals surface area contributed by atoms with Crippen LogP contribution in [0.2, 0.25) is 0 Å². The number of amidine groups is 1. The molecular weight excluding hydrogens is 314 g/mol. The van der Waals surface area contributed by atoms with Crippen LogP contribution in [0.1, 0.15) is 17.5 Å². The van der Waals surface area contributed by atoms with Crippen LogP contribution in [0.15, 0.2) is 48.0 Å². The zero-order valence-corrected chi connectivity index (χ0v) is 13.6. The fourth-order valence-corrected chi connectivity index (χ4v) is 3.01. The number of fused-ring (bicyclic) bond motifs is 1. The Kier molecular flexibility index (Phi) is 4.17. The van der Waals surface area contributed by atoms with Crippen LogP contribution in [0, 0.1) is 0 Å². The molecule has 2 aromatic heterocycles. The van der Waals surface area contributed by atoms with Crippen LogP contribution in [0.5, 0.6) is 0 Å². The van der Waals surface area contributed by atoms with Gasteiger partial charge in [-0.25, -0.2) is 9.98 Å². The molecule has 22 heavy (non-hydrogen) atoms. The van der Waals surface area contributed by atoms with Crippen molar-refractivity contribution < 1.29 is 4.57 Å². The first-order chi connectivity index (χ1) is 10.6. The minimum atomic E-state index is 0.374. The van der Waals surface area contributed by atoms with E-state index in [-0.39, 0.29) is 0 Å². The van der Waals surface area contributed by atoms with E-state index in [1.54, 1.807) is 19.3 Å². The van der Waals surface area contributed by atoms with E-state index >= 15 is 0 Å². The average molecular weight is 328 g/mol. The second-order valence-corrected chi connectivity index (χ2v) is 6.38. The first-order valence-corrected chi connectivity index (χ1v) is 7.88. The van der Waals surface area contributed by atoms with Gasteiger partial charge in [0.05, 0.1) is 22.6 Å². The second kappa shape index (κ2) is 6.25. The fraction of sp³-hybridized carbons (Fsp3) is 0.133. The number of rotatable bonds is 3. The Hall–Kier alpha value is -2.25. The van der Waals surface area contributed by atoms with Gasteiger partial charge in [0.1, 0.15) is 4.99 Å². The summed E-state index contributed by atoms with van der Waals surface area (Å²) in [6.07, 6.45) is 7.40. The lowest BCUT2D eigenvalue weighted by Gasteiger charge is -1.97. The number of aromatic nitrogens is 3. The highest BCUT2D eigenvalue weighted by molar-refractivity contribution is 7.80. The largest absolute Gasteiger partial charge is 0.381 e. The summed E-state index contributed by atoms with van der Waals surface area (Å²) in [6.45, 7) is 2.51. The zero-order chi connectivity index (χ0) is 15.5. The lowest BCUT2D eigenvalue weighted by Crippen LogP contribution is -2.33. The van der Waals surface area contributed by atoms with Gasteiger partial charge < -0.3 is 5.73 Å². The van der Waals surface area contributed by atoms with E-state index in [0.29, 0.717) is 15.8 Å². The first-order valence-electron chi connectivity index (χ1n) is 6.65. The maximum atomic E-state index is 5.92. The van der Waals surface area contributed by atoms with Crippen LogP contribution >= 0.6 is 23.6 Å². The quantitative estimate of drug-likeness (QED) is 0.346. The van der Waals surface area contributed by atoms with E-state index in [9.17, 15) is 0 Å². The maximum Gasteiger partial charge on any atom is 0.187 e. The molecule has 0 aliphatic heterocycles. The number of benzene rings is 1. The van der Waals surface area contributed by atoms with Crippen molar-refractivity contribution in [1.82, 2.24) is 9.97 Å². The van der Waals surface area contributed by atoms with Gasteiger partial charge in [0, 0.05) is 5.56 Å². The Morgan fingerprint density at radius 2 is 2.14 bits per heavy atom. The Bertz CT molecular complexity index is 855. The molecule has 0 atom stereocenters. The number of hydrogen-bond donors (Lipinski definition) is 1. The molecule has 0 spiro atoms. The molecule has 0 amide bonds. The molecule has 7 heteroatoms. The molecule has 2 heterocycles. The van der Waals surface area contributed by atoms with Crippen LogP contribution < -0.4 is 10.3 Å². The average Bonchev–Trinajstić information content (AvgIpc) is 2.91. The normalized spacial score (nSPS) is 11.8. The number of nitrogens with zero attached hydrogens (tertiary/aromatic N) is 4. The minimum Gasteiger partial charge on any atom is -0.381 e. The molecule has 0 unspecified atom stereocenters. The smallest absolute Gasteiger partial charge is 0.187 e. The molecule has 3 aromatic rings. The van der Waals surface area contributed by atoms with Crippen molar-refractivity contribution >= 4 is 44.6 Å². The third kappa shape index (κ3) is 3.32. The van der Waals surface area contributed by atoms with Crippen molar-refractivity contribution in [2.24, 2.45) is 10.7 Å². The highest BCUT2D eigenvalue weighted by Gasteiger charge is 2.10. The van der Waals surface area contributed by atoms with E-state index in [0.717, 1.165) is 16.8 Å². The van der Waals surface area contributed by atoms with Crippen molar-refractivity contribution in [3.8, 4) is 0 Å². The van der Waals surface area contributed by atoms with Crippen molar-refractivity contribution in [1.29, 1.82) is 0 Å². The summed E-state index contributed by atoms with van der Waals surface area (Å²) in [5.74, 6) is 0.374. The molecule has 0 bridgehead atoms. The Morgan fingerprint density at radius 1 is 1.36 bits per heavy atom. The van der Waals surface area contributed by atoms with Crippen LogP contribution in [0.4, 0.5) is 0 Å². The summed E-state index contributed by atoms with van der Waals surface area (Å²) >= 11 is 6.47. The third-order valence-electron chi connectivity index (χ3n) is 3.00. The summed E-state index contributed by atoms with van der Waals surface area (Å²) in [5, 5.41) is 0.702. The molecule has 1 aromatic carbocycles. The number of aliphatic imine (C=N–C) groups is 1. The lowest BCUT2D eigenvalue weighted by molar-refractivity contribution is -0.688. The van der Waals surface area contributed by atoms with Gasteiger partial charge in [-0.3, -0.25) is 4.98 Å². The highest BCUT2D eigenvalue weighted by atomic mass is 32.1. The Labute approximate surface area is 137 Å². The predicted molar refractivity (Wildman–Crippen MR) is 92.2 cm³/mol. The van der Waals surface area contributed by atoms with E-state index < -0.39 is 0 Å². The molecule has 2 N–H and O–H groups in total. The molecule has 110 valence electrons. The van der Waals surface area contributed by atoms with Gasteiger partial charge in [-0.2, -0.15) is 4.57 Å². The van der Waals surface area contributed by atoms with Crippen LogP contribution in [0.3, 0.4) is 0 Å². The first kappa shape index (κ1) is 14.7. The van der Waals surface area contributed by atoms with Crippen LogP contribution in [0.25, 0.3) is 10.2 Å². The molecular formula is C15H14N5S2+. The van der Waals surface area contributed by atoms with Gasteiger partial charge in [0.2, 0.25) is 0 Å². The molecule has 5 nitrogen and oxygen atoms in total. The van der Waals surface area contributed by atoms with Gasteiger partial charge in [-0.15, -0.1) is 11.3 Å².